The lowest BCUT2D eigenvalue weighted by Gasteiger charge is -2.31. The van der Waals surface area contributed by atoms with Gasteiger partial charge in [0, 0.05) is 57.7 Å². The molecule has 178 valence electrons. The molecule has 1 aromatic heterocycles. The molecule has 0 spiro atoms. The van der Waals surface area contributed by atoms with Gasteiger partial charge in [0.25, 0.3) is 0 Å². The van der Waals surface area contributed by atoms with Crippen LogP contribution in [0.4, 0.5) is 0 Å². The van der Waals surface area contributed by atoms with Crippen LogP contribution in [0.15, 0.2) is 34.6 Å². The molecule has 3 rings (SSSR count). The molecular weight excluding hydrogens is 537 g/mol. The summed E-state index contributed by atoms with van der Waals surface area (Å²) < 4.78 is 11.5. The number of hydrogen-bond donors (Lipinski definition) is 2. The molecule has 1 aliphatic heterocycles. The topological polar surface area (TPSA) is 71.0 Å². The largest absolute Gasteiger partial charge is 0.492 e. The normalized spacial score (nSPS) is 14.8. The Morgan fingerprint density at radius 3 is 2.84 bits per heavy atom. The molecule has 2 heterocycles. The fourth-order valence-corrected chi connectivity index (χ4v) is 4.25. The molecule has 0 radical (unpaired) electrons. The van der Waals surface area contributed by atoms with E-state index in [2.05, 4.69) is 50.1 Å². The number of aliphatic imine (C=N–C) groups is 1. The quantitative estimate of drug-likeness (QED) is 0.258. The average molecular weight is 574 g/mol. The third-order valence-corrected chi connectivity index (χ3v) is 6.27. The number of thiazole rings is 1. The number of rotatable bonds is 10. The van der Waals surface area contributed by atoms with Crippen molar-refractivity contribution in [3.63, 3.8) is 0 Å². The highest BCUT2D eigenvalue weighted by Gasteiger charge is 2.17. The first-order valence-electron chi connectivity index (χ1n) is 11.0. The lowest BCUT2D eigenvalue weighted by Crippen LogP contribution is -2.38. The van der Waals surface area contributed by atoms with E-state index in [4.69, 9.17) is 9.47 Å². The highest BCUT2D eigenvalue weighted by atomic mass is 127. The summed E-state index contributed by atoms with van der Waals surface area (Å²) in [7, 11) is 3.96. The molecule has 0 aliphatic carbocycles. The number of likely N-dealkylation sites (N-methyl/N-ethyl adjacent to an activating group) is 1. The van der Waals surface area contributed by atoms with Crippen LogP contribution in [0.1, 0.15) is 29.1 Å². The molecule has 32 heavy (non-hydrogen) atoms. The maximum absolute atomic E-state index is 6.00. The van der Waals surface area contributed by atoms with E-state index in [-0.39, 0.29) is 24.0 Å². The summed E-state index contributed by atoms with van der Waals surface area (Å²) in [5.41, 5.74) is 2.28. The van der Waals surface area contributed by atoms with Crippen LogP contribution < -0.4 is 15.4 Å². The van der Waals surface area contributed by atoms with Gasteiger partial charge in [0.1, 0.15) is 12.4 Å². The van der Waals surface area contributed by atoms with Gasteiger partial charge in [0.05, 0.1) is 10.7 Å². The minimum Gasteiger partial charge on any atom is -0.492 e. The summed E-state index contributed by atoms with van der Waals surface area (Å²) in [6, 6.07) is 8.84. The van der Waals surface area contributed by atoms with Crippen molar-refractivity contribution in [2.24, 2.45) is 4.99 Å². The second kappa shape index (κ2) is 14.7. The molecular formula is C23H36IN5O2S. The van der Waals surface area contributed by atoms with E-state index in [1.165, 1.54) is 0 Å². The van der Waals surface area contributed by atoms with Gasteiger partial charge in [-0.05, 0) is 44.5 Å². The monoisotopic (exact) mass is 573 g/mol. The molecule has 9 heteroatoms. The Bertz CT molecular complexity index is 826. The van der Waals surface area contributed by atoms with Crippen LogP contribution in [0, 0.1) is 6.92 Å². The summed E-state index contributed by atoms with van der Waals surface area (Å²) in [5, 5.41) is 9.93. The molecule has 7 nitrogen and oxygen atoms in total. The zero-order chi connectivity index (χ0) is 21.9. The van der Waals surface area contributed by atoms with Gasteiger partial charge in [0.2, 0.25) is 0 Å². The second-order valence-electron chi connectivity index (χ2n) is 7.78. The van der Waals surface area contributed by atoms with Crippen LogP contribution in [0.2, 0.25) is 0 Å². The maximum Gasteiger partial charge on any atom is 0.191 e. The van der Waals surface area contributed by atoms with E-state index in [1.807, 2.05) is 19.1 Å². The van der Waals surface area contributed by atoms with Gasteiger partial charge in [-0.1, -0.05) is 12.1 Å². The Balaban J connectivity index is 0.00000363. The van der Waals surface area contributed by atoms with Crippen molar-refractivity contribution in [2.75, 3.05) is 47.0 Å². The number of hydrogen-bond acceptors (Lipinski definition) is 6. The van der Waals surface area contributed by atoms with Crippen LogP contribution in [-0.2, 0) is 17.7 Å². The van der Waals surface area contributed by atoms with Gasteiger partial charge in [-0.2, -0.15) is 0 Å². The Morgan fingerprint density at radius 1 is 1.31 bits per heavy atom. The molecule has 1 aromatic carbocycles. The first-order valence-corrected chi connectivity index (χ1v) is 11.9. The maximum atomic E-state index is 6.00. The Hall–Kier alpha value is -1.43. The fourth-order valence-electron chi connectivity index (χ4n) is 3.60. The van der Waals surface area contributed by atoms with E-state index < -0.39 is 0 Å². The van der Waals surface area contributed by atoms with E-state index >= 15 is 0 Å². The van der Waals surface area contributed by atoms with Gasteiger partial charge < -0.3 is 20.1 Å². The summed E-state index contributed by atoms with van der Waals surface area (Å²) in [6.07, 6.45) is 3.10. The van der Waals surface area contributed by atoms with Gasteiger partial charge in [0.15, 0.2) is 5.96 Å². The third kappa shape index (κ3) is 9.21. The third-order valence-electron chi connectivity index (χ3n) is 5.45. The summed E-state index contributed by atoms with van der Waals surface area (Å²) >= 11 is 1.69. The standard InChI is InChI=1S/C23H35N5O2S.HI/c1-18-27-20(17-31-18)7-10-25-23(24-2)26-16-19-5-4-6-22(15-19)30-14-11-28(3)21-8-12-29-13-9-21;/h4-6,15,17,21H,7-14,16H2,1-3H3,(H2,24,25,26);1H. The van der Waals surface area contributed by atoms with Crippen molar-refractivity contribution in [1.82, 2.24) is 20.5 Å². The molecule has 0 bridgehead atoms. The van der Waals surface area contributed by atoms with Gasteiger partial charge in [-0.15, -0.1) is 35.3 Å². The van der Waals surface area contributed by atoms with Crippen LogP contribution in [0.3, 0.4) is 0 Å². The lowest BCUT2D eigenvalue weighted by atomic mass is 10.1. The molecule has 0 amide bonds. The smallest absolute Gasteiger partial charge is 0.191 e. The van der Waals surface area contributed by atoms with Crippen molar-refractivity contribution in [3.05, 3.63) is 45.9 Å². The molecule has 1 aliphatic rings. The fraction of sp³-hybridized carbons (Fsp3) is 0.565. The van der Waals surface area contributed by atoms with Crippen LogP contribution in [-0.4, -0.2) is 68.9 Å². The number of ether oxygens (including phenoxy) is 2. The number of aryl methyl sites for hydroxylation is 1. The first-order chi connectivity index (χ1) is 15.1. The molecule has 1 saturated heterocycles. The van der Waals surface area contributed by atoms with Gasteiger partial charge >= 0.3 is 0 Å². The van der Waals surface area contributed by atoms with Gasteiger partial charge in [-0.3, -0.25) is 9.89 Å². The summed E-state index contributed by atoms with van der Waals surface area (Å²) in [4.78, 5) is 11.2. The molecule has 2 N–H and O–H groups in total. The Morgan fingerprint density at radius 2 is 2.12 bits per heavy atom. The Kier molecular flexibility index (Phi) is 12.3. The number of nitrogens with one attached hydrogen (secondary N) is 2. The molecule has 0 saturated carbocycles. The Labute approximate surface area is 213 Å². The van der Waals surface area contributed by atoms with Gasteiger partial charge in [-0.25, -0.2) is 4.98 Å². The van der Waals surface area contributed by atoms with E-state index in [9.17, 15) is 0 Å². The molecule has 1 fully saturated rings. The van der Waals surface area contributed by atoms with Crippen LogP contribution >= 0.6 is 35.3 Å². The number of halogens is 1. The van der Waals surface area contributed by atoms with Crippen molar-refractivity contribution >= 4 is 41.3 Å². The number of guanidine groups is 1. The lowest BCUT2D eigenvalue weighted by molar-refractivity contribution is 0.0392. The molecule has 0 unspecified atom stereocenters. The predicted molar refractivity (Wildman–Crippen MR) is 143 cm³/mol. The first kappa shape index (κ1) is 26.8. The number of aromatic nitrogens is 1. The van der Waals surface area contributed by atoms with Crippen LogP contribution in [0.5, 0.6) is 5.75 Å². The SMILES string of the molecule is CN=C(NCCc1csc(C)n1)NCc1cccc(OCCN(C)C2CCOCC2)c1.I. The predicted octanol–water partition coefficient (Wildman–Crippen LogP) is 3.47. The molecule has 0 atom stereocenters. The van der Waals surface area contributed by atoms with Crippen molar-refractivity contribution in [1.29, 1.82) is 0 Å². The zero-order valence-corrected chi connectivity index (χ0v) is 22.4. The number of nitrogens with zero attached hydrogens (tertiary/aromatic N) is 3. The molecule has 2 aromatic rings. The second-order valence-corrected chi connectivity index (χ2v) is 8.84. The van der Waals surface area contributed by atoms with Crippen molar-refractivity contribution in [3.8, 4) is 5.75 Å². The summed E-state index contributed by atoms with van der Waals surface area (Å²) in [6.45, 7) is 6.86. The van der Waals surface area contributed by atoms with E-state index in [0.717, 1.165) is 73.5 Å². The van der Waals surface area contributed by atoms with E-state index in [0.29, 0.717) is 19.2 Å². The summed E-state index contributed by atoms with van der Waals surface area (Å²) in [5.74, 6) is 1.69. The zero-order valence-electron chi connectivity index (χ0n) is 19.3. The van der Waals surface area contributed by atoms with E-state index in [1.54, 1.807) is 18.4 Å². The highest BCUT2D eigenvalue weighted by Crippen LogP contribution is 2.15. The highest BCUT2D eigenvalue weighted by molar-refractivity contribution is 14.0. The van der Waals surface area contributed by atoms with Crippen molar-refractivity contribution in [2.45, 2.75) is 38.8 Å². The minimum absolute atomic E-state index is 0. The van der Waals surface area contributed by atoms with Crippen LogP contribution in [0.25, 0.3) is 0 Å². The van der Waals surface area contributed by atoms with Crippen molar-refractivity contribution < 1.29 is 9.47 Å². The average Bonchev–Trinajstić information content (AvgIpc) is 3.22. The minimum atomic E-state index is 0. The number of benzene rings is 1.